The van der Waals surface area contributed by atoms with E-state index in [-0.39, 0.29) is 5.91 Å². The van der Waals surface area contributed by atoms with E-state index in [2.05, 4.69) is 0 Å². The number of rotatable bonds is 2. The fourth-order valence-electron chi connectivity index (χ4n) is 1.75. The van der Waals surface area contributed by atoms with Gasteiger partial charge in [-0.25, -0.2) is 0 Å². The third-order valence-corrected chi connectivity index (χ3v) is 3.35. The molecule has 0 aliphatic carbocycles. The molecule has 0 saturated carbocycles. The normalized spacial score (nSPS) is 17.9. The third kappa shape index (κ3) is 3.12. The molecule has 1 aliphatic heterocycles. The summed E-state index contributed by atoms with van der Waals surface area (Å²) in [4.78, 5) is 13.8. The van der Waals surface area contributed by atoms with Gasteiger partial charge in [0.15, 0.2) is 0 Å². The second kappa shape index (κ2) is 5.71. The zero-order valence-electron chi connectivity index (χ0n) is 9.23. The van der Waals surface area contributed by atoms with Gasteiger partial charge < -0.3 is 9.64 Å². The first-order valence-electron chi connectivity index (χ1n) is 5.44. The average Bonchev–Trinajstić information content (AvgIpc) is 2.38. The number of hydrogen-bond donors (Lipinski definition) is 0. The quantitative estimate of drug-likeness (QED) is 0.775. The van der Waals surface area contributed by atoms with Crippen LogP contribution in [0.5, 0.6) is 0 Å². The van der Waals surface area contributed by atoms with Gasteiger partial charge in [0.25, 0.3) is 0 Å². The molecule has 0 aromatic heterocycles. The molecule has 1 unspecified atom stereocenters. The first-order valence-corrected chi connectivity index (χ1v) is 6.26. The van der Waals surface area contributed by atoms with E-state index in [1.165, 1.54) is 0 Å². The highest BCUT2D eigenvalue weighted by Gasteiger charge is 2.25. The van der Waals surface area contributed by atoms with E-state index < -0.39 is 5.38 Å². The Morgan fingerprint density at radius 3 is 2.71 bits per heavy atom. The van der Waals surface area contributed by atoms with Gasteiger partial charge in [0.05, 0.1) is 13.2 Å². The molecule has 1 atom stereocenters. The molecular formula is C12H13Cl2NO2. The van der Waals surface area contributed by atoms with Crippen molar-refractivity contribution in [3.63, 3.8) is 0 Å². The maximum Gasteiger partial charge on any atom is 0.245 e. The molecule has 17 heavy (non-hydrogen) atoms. The van der Waals surface area contributed by atoms with Crippen LogP contribution in [0.1, 0.15) is 10.9 Å². The summed E-state index contributed by atoms with van der Waals surface area (Å²) in [6, 6.07) is 7.08. The minimum Gasteiger partial charge on any atom is -0.378 e. The second-order valence-electron chi connectivity index (χ2n) is 3.86. The van der Waals surface area contributed by atoms with Gasteiger partial charge in [-0.1, -0.05) is 23.7 Å². The molecule has 1 fully saturated rings. The number of morpholine rings is 1. The molecule has 1 saturated heterocycles. The Balaban J connectivity index is 2.08. The Hall–Kier alpha value is -0.770. The third-order valence-electron chi connectivity index (χ3n) is 2.68. The molecule has 0 bridgehead atoms. The van der Waals surface area contributed by atoms with Gasteiger partial charge in [-0.3, -0.25) is 4.79 Å². The molecule has 0 N–H and O–H groups in total. The van der Waals surface area contributed by atoms with E-state index in [0.717, 1.165) is 5.56 Å². The van der Waals surface area contributed by atoms with Gasteiger partial charge in [0.2, 0.25) is 5.91 Å². The lowest BCUT2D eigenvalue weighted by atomic mass is 10.1. The number of carbonyl (C=O) groups is 1. The predicted molar refractivity (Wildman–Crippen MR) is 67.4 cm³/mol. The fourth-order valence-corrected chi connectivity index (χ4v) is 2.22. The smallest absolute Gasteiger partial charge is 0.245 e. The van der Waals surface area contributed by atoms with Crippen LogP contribution in [0.15, 0.2) is 24.3 Å². The Morgan fingerprint density at radius 2 is 2.06 bits per heavy atom. The minimum atomic E-state index is -0.674. The van der Waals surface area contributed by atoms with Crippen LogP contribution in [0.2, 0.25) is 5.02 Å². The first kappa shape index (κ1) is 12.7. The highest BCUT2D eigenvalue weighted by Crippen LogP contribution is 2.25. The number of benzene rings is 1. The van der Waals surface area contributed by atoms with Crippen molar-refractivity contribution >= 4 is 29.1 Å². The molecule has 5 heteroatoms. The second-order valence-corrected chi connectivity index (χ2v) is 4.73. The lowest BCUT2D eigenvalue weighted by Crippen LogP contribution is -2.42. The van der Waals surface area contributed by atoms with E-state index in [1.54, 1.807) is 23.1 Å². The number of ether oxygens (including phenoxy) is 1. The summed E-state index contributed by atoms with van der Waals surface area (Å²) in [6.45, 7) is 2.35. The maximum absolute atomic E-state index is 12.1. The standard InChI is InChI=1S/C12H13Cl2NO2/c13-10-3-1-2-9(8-10)11(14)12(16)15-4-6-17-7-5-15/h1-3,8,11H,4-7H2. The summed E-state index contributed by atoms with van der Waals surface area (Å²) in [7, 11) is 0. The van der Waals surface area contributed by atoms with E-state index in [0.29, 0.717) is 31.3 Å². The highest BCUT2D eigenvalue weighted by molar-refractivity contribution is 6.32. The Labute approximate surface area is 110 Å². The summed E-state index contributed by atoms with van der Waals surface area (Å²) < 4.78 is 5.20. The van der Waals surface area contributed by atoms with Crippen molar-refractivity contribution in [2.45, 2.75) is 5.38 Å². The van der Waals surface area contributed by atoms with Gasteiger partial charge >= 0.3 is 0 Å². The number of nitrogens with zero attached hydrogens (tertiary/aromatic N) is 1. The molecule has 1 aromatic carbocycles. The predicted octanol–water partition coefficient (Wildman–Crippen LogP) is 2.48. The number of alkyl halides is 1. The Morgan fingerprint density at radius 1 is 1.35 bits per heavy atom. The summed E-state index contributed by atoms with van der Waals surface area (Å²) >= 11 is 12.0. The summed E-state index contributed by atoms with van der Waals surface area (Å²) in [5, 5.41) is -0.0882. The van der Waals surface area contributed by atoms with Crippen molar-refractivity contribution in [1.29, 1.82) is 0 Å². The van der Waals surface area contributed by atoms with Crippen molar-refractivity contribution in [3.05, 3.63) is 34.9 Å². The van der Waals surface area contributed by atoms with Crippen LogP contribution in [0.4, 0.5) is 0 Å². The van der Waals surface area contributed by atoms with Gasteiger partial charge in [0.1, 0.15) is 5.38 Å². The zero-order valence-corrected chi connectivity index (χ0v) is 10.7. The first-order chi connectivity index (χ1) is 8.18. The molecule has 92 valence electrons. The van der Waals surface area contributed by atoms with Crippen LogP contribution >= 0.6 is 23.2 Å². The van der Waals surface area contributed by atoms with Crippen LogP contribution in [0.3, 0.4) is 0 Å². The van der Waals surface area contributed by atoms with Crippen molar-refractivity contribution in [2.24, 2.45) is 0 Å². The van der Waals surface area contributed by atoms with Crippen LogP contribution in [0.25, 0.3) is 0 Å². The zero-order chi connectivity index (χ0) is 12.3. The van der Waals surface area contributed by atoms with Crippen molar-refractivity contribution < 1.29 is 9.53 Å². The molecule has 0 radical (unpaired) electrons. The molecule has 1 heterocycles. The van der Waals surface area contributed by atoms with Crippen LogP contribution in [0, 0.1) is 0 Å². The fraction of sp³-hybridized carbons (Fsp3) is 0.417. The van der Waals surface area contributed by atoms with Gasteiger partial charge in [0, 0.05) is 18.1 Å². The summed E-state index contributed by atoms with van der Waals surface area (Å²) in [5.74, 6) is -0.0859. The molecular weight excluding hydrogens is 261 g/mol. The van der Waals surface area contributed by atoms with Crippen molar-refractivity contribution in [1.82, 2.24) is 4.90 Å². The molecule has 1 aromatic rings. The van der Waals surface area contributed by atoms with E-state index >= 15 is 0 Å². The lowest BCUT2D eigenvalue weighted by molar-refractivity contribution is -0.134. The Kier molecular flexibility index (Phi) is 4.26. The lowest BCUT2D eigenvalue weighted by Gasteiger charge is -2.28. The van der Waals surface area contributed by atoms with Crippen molar-refractivity contribution in [2.75, 3.05) is 26.3 Å². The number of hydrogen-bond acceptors (Lipinski definition) is 2. The summed E-state index contributed by atoms with van der Waals surface area (Å²) in [6.07, 6.45) is 0. The molecule has 2 rings (SSSR count). The highest BCUT2D eigenvalue weighted by atomic mass is 35.5. The van der Waals surface area contributed by atoms with Gasteiger partial charge in [-0.2, -0.15) is 0 Å². The van der Waals surface area contributed by atoms with Crippen molar-refractivity contribution in [3.8, 4) is 0 Å². The number of carbonyl (C=O) groups excluding carboxylic acids is 1. The monoisotopic (exact) mass is 273 g/mol. The van der Waals surface area contributed by atoms with Gasteiger partial charge in [-0.15, -0.1) is 11.6 Å². The molecule has 0 spiro atoms. The van der Waals surface area contributed by atoms with Crippen LogP contribution in [-0.4, -0.2) is 37.1 Å². The van der Waals surface area contributed by atoms with E-state index in [4.69, 9.17) is 27.9 Å². The molecule has 3 nitrogen and oxygen atoms in total. The SMILES string of the molecule is O=C(C(Cl)c1cccc(Cl)c1)N1CCOCC1. The largest absolute Gasteiger partial charge is 0.378 e. The maximum atomic E-state index is 12.1. The van der Waals surface area contributed by atoms with E-state index in [1.807, 2.05) is 6.07 Å². The Bertz CT molecular complexity index is 405. The molecule has 1 amide bonds. The average molecular weight is 274 g/mol. The van der Waals surface area contributed by atoms with E-state index in [9.17, 15) is 4.79 Å². The molecule has 1 aliphatic rings. The minimum absolute atomic E-state index is 0.0859. The number of halogens is 2. The van der Waals surface area contributed by atoms with Crippen LogP contribution < -0.4 is 0 Å². The van der Waals surface area contributed by atoms with Crippen LogP contribution in [-0.2, 0) is 9.53 Å². The van der Waals surface area contributed by atoms with Gasteiger partial charge in [-0.05, 0) is 17.7 Å². The summed E-state index contributed by atoms with van der Waals surface area (Å²) in [5.41, 5.74) is 0.732. The topological polar surface area (TPSA) is 29.5 Å². The number of amides is 1.